The fraction of sp³-hybridized carbons (Fsp3) is 0.133. The summed E-state index contributed by atoms with van der Waals surface area (Å²) in [4.78, 5) is 0.343. The second-order valence-corrected chi connectivity index (χ2v) is 5.01. The van der Waals surface area contributed by atoms with Crippen LogP contribution in [0.5, 0.6) is 11.5 Å². The highest BCUT2D eigenvalue weighted by Gasteiger charge is 2.06. The van der Waals surface area contributed by atoms with Crippen LogP contribution in [0.3, 0.4) is 0 Å². The summed E-state index contributed by atoms with van der Waals surface area (Å²) in [6.07, 6.45) is 0. The molecule has 0 aliphatic carbocycles. The number of thiocarbonyl (C=S) groups is 1. The van der Waals surface area contributed by atoms with E-state index >= 15 is 0 Å². The summed E-state index contributed by atoms with van der Waals surface area (Å²) in [7, 11) is 1.61. The Labute approximate surface area is 128 Å². The molecule has 20 heavy (non-hydrogen) atoms. The lowest BCUT2D eigenvalue weighted by atomic mass is 10.2. The Hall–Kier alpha value is -1.78. The van der Waals surface area contributed by atoms with Gasteiger partial charge in [-0.2, -0.15) is 0 Å². The minimum Gasteiger partial charge on any atom is -0.496 e. The van der Waals surface area contributed by atoms with Crippen molar-refractivity contribution in [3.8, 4) is 11.5 Å². The summed E-state index contributed by atoms with van der Waals surface area (Å²) in [5.41, 5.74) is 7.24. The number of methoxy groups -OCH3 is 1. The molecule has 0 radical (unpaired) electrons. The molecule has 5 heteroatoms. The molecule has 0 aromatic heterocycles. The van der Waals surface area contributed by atoms with Gasteiger partial charge >= 0.3 is 0 Å². The normalized spacial score (nSPS) is 10.1. The van der Waals surface area contributed by atoms with Gasteiger partial charge in [-0.15, -0.1) is 0 Å². The van der Waals surface area contributed by atoms with Crippen LogP contribution in [-0.2, 0) is 6.61 Å². The Morgan fingerprint density at radius 1 is 1.25 bits per heavy atom. The molecule has 0 unspecified atom stereocenters. The van der Waals surface area contributed by atoms with Gasteiger partial charge in [0.1, 0.15) is 23.1 Å². The number of ether oxygens (including phenoxy) is 2. The van der Waals surface area contributed by atoms with Crippen LogP contribution in [0.15, 0.2) is 42.5 Å². The number of hydrogen-bond donors (Lipinski definition) is 1. The molecule has 2 N–H and O–H groups in total. The summed E-state index contributed by atoms with van der Waals surface area (Å²) in [6, 6.07) is 12.7. The molecule has 0 saturated carbocycles. The van der Waals surface area contributed by atoms with Crippen molar-refractivity contribution in [3.05, 3.63) is 58.6 Å². The smallest absolute Gasteiger partial charge is 0.125 e. The molecule has 0 atom stereocenters. The molecular weight excluding hydrogens is 294 g/mol. The van der Waals surface area contributed by atoms with Crippen LogP contribution in [0.1, 0.15) is 11.1 Å². The molecule has 2 aromatic rings. The van der Waals surface area contributed by atoms with Crippen molar-refractivity contribution in [2.24, 2.45) is 5.73 Å². The second-order valence-electron chi connectivity index (χ2n) is 4.14. The molecule has 0 amide bonds. The third kappa shape index (κ3) is 3.62. The molecule has 0 heterocycles. The monoisotopic (exact) mass is 307 g/mol. The molecule has 104 valence electrons. The van der Waals surface area contributed by atoms with E-state index in [1.54, 1.807) is 19.2 Å². The standard InChI is InChI=1S/C15H14ClNO2S/c1-18-14-6-5-12(16)7-11(14)9-19-13-4-2-3-10(8-13)15(17)20/h2-8H,9H2,1H3,(H2,17,20). The first-order valence-corrected chi connectivity index (χ1v) is 6.74. The third-order valence-corrected chi connectivity index (χ3v) is 3.23. The predicted octanol–water partition coefficient (Wildman–Crippen LogP) is 3.56. The zero-order chi connectivity index (χ0) is 14.5. The highest BCUT2D eigenvalue weighted by molar-refractivity contribution is 7.80. The van der Waals surface area contributed by atoms with E-state index in [2.05, 4.69) is 0 Å². The van der Waals surface area contributed by atoms with Crippen LogP contribution in [0.25, 0.3) is 0 Å². The largest absolute Gasteiger partial charge is 0.496 e. The maximum Gasteiger partial charge on any atom is 0.125 e. The van der Waals surface area contributed by atoms with Gasteiger partial charge in [0.05, 0.1) is 7.11 Å². The first kappa shape index (κ1) is 14.6. The van der Waals surface area contributed by atoms with Crippen molar-refractivity contribution in [3.63, 3.8) is 0 Å². The highest BCUT2D eigenvalue weighted by Crippen LogP contribution is 2.24. The van der Waals surface area contributed by atoms with Crippen molar-refractivity contribution in [2.75, 3.05) is 7.11 Å². The van der Waals surface area contributed by atoms with Gasteiger partial charge in [-0.25, -0.2) is 0 Å². The van der Waals surface area contributed by atoms with E-state index in [1.165, 1.54) is 0 Å². The van der Waals surface area contributed by atoms with Gasteiger partial charge in [-0.05, 0) is 30.3 Å². The second kappa shape index (κ2) is 6.59. The van der Waals surface area contributed by atoms with Crippen molar-refractivity contribution in [2.45, 2.75) is 6.61 Å². The summed E-state index contributed by atoms with van der Waals surface area (Å²) in [6.45, 7) is 0.352. The maximum atomic E-state index is 5.98. The first-order valence-electron chi connectivity index (χ1n) is 5.95. The van der Waals surface area contributed by atoms with Crippen molar-refractivity contribution in [1.82, 2.24) is 0 Å². The van der Waals surface area contributed by atoms with Gasteiger partial charge in [0.2, 0.25) is 0 Å². The van der Waals surface area contributed by atoms with Gasteiger partial charge < -0.3 is 15.2 Å². The van der Waals surface area contributed by atoms with E-state index in [0.717, 1.165) is 16.9 Å². The van der Waals surface area contributed by atoms with E-state index in [4.69, 9.17) is 39.0 Å². The molecule has 0 aliphatic rings. The van der Waals surface area contributed by atoms with E-state index in [1.807, 2.05) is 30.3 Å². The molecule has 0 spiro atoms. The first-order chi connectivity index (χ1) is 9.60. The zero-order valence-electron chi connectivity index (χ0n) is 10.9. The lowest BCUT2D eigenvalue weighted by molar-refractivity contribution is 0.296. The quantitative estimate of drug-likeness (QED) is 0.858. The molecule has 0 saturated heterocycles. The van der Waals surface area contributed by atoms with E-state index in [-0.39, 0.29) is 0 Å². The topological polar surface area (TPSA) is 44.5 Å². The Balaban J connectivity index is 2.14. The number of rotatable bonds is 5. The fourth-order valence-electron chi connectivity index (χ4n) is 1.76. The number of halogens is 1. The molecule has 0 fully saturated rings. The Morgan fingerprint density at radius 3 is 2.75 bits per heavy atom. The van der Waals surface area contributed by atoms with Crippen LogP contribution in [0.4, 0.5) is 0 Å². The molecule has 3 nitrogen and oxygen atoms in total. The molecule has 0 bridgehead atoms. The lowest BCUT2D eigenvalue weighted by Gasteiger charge is -2.11. The number of nitrogens with two attached hydrogens (primary N) is 1. The average molecular weight is 308 g/mol. The highest BCUT2D eigenvalue weighted by atomic mass is 35.5. The van der Waals surface area contributed by atoms with E-state index in [9.17, 15) is 0 Å². The SMILES string of the molecule is COc1ccc(Cl)cc1COc1cccc(C(N)=S)c1. The Kier molecular flexibility index (Phi) is 4.82. The van der Waals surface area contributed by atoms with Gasteiger partial charge in [0, 0.05) is 16.1 Å². The minimum atomic E-state index is 0.343. The Morgan fingerprint density at radius 2 is 2.05 bits per heavy atom. The van der Waals surface area contributed by atoms with Crippen molar-refractivity contribution >= 4 is 28.8 Å². The van der Waals surface area contributed by atoms with Crippen LogP contribution < -0.4 is 15.2 Å². The van der Waals surface area contributed by atoms with Crippen molar-refractivity contribution < 1.29 is 9.47 Å². The molecule has 2 aromatic carbocycles. The summed E-state index contributed by atoms with van der Waals surface area (Å²) >= 11 is 10.9. The zero-order valence-corrected chi connectivity index (χ0v) is 12.5. The van der Waals surface area contributed by atoms with Gasteiger partial charge in [-0.1, -0.05) is 36.0 Å². The van der Waals surface area contributed by atoms with Crippen LogP contribution in [-0.4, -0.2) is 12.1 Å². The van der Waals surface area contributed by atoms with Gasteiger partial charge in [0.15, 0.2) is 0 Å². The predicted molar refractivity (Wildman–Crippen MR) is 84.7 cm³/mol. The van der Waals surface area contributed by atoms with Crippen LogP contribution in [0, 0.1) is 0 Å². The van der Waals surface area contributed by atoms with Crippen LogP contribution in [0.2, 0.25) is 5.02 Å². The number of hydrogen-bond acceptors (Lipinski definition) is 3. The maximum absolute atomic E-state index is 5.98. The van der Waals surface area contributed by atoms with E-state index in [0.29, 0.717) is 22.4 Å². The third-order valence-electron chi connectivity index (χ3n) is 2.76. The van der Waals surface area contributed by atoms with E-state index < -0.39 is 0 Å². The summed E-state index contributed by atoms with van der Waals surface area (Å²) in [5, 5.41) is 0.640. The molecule has 2 rings (SSSR count). The lowest BCUT2D eigenvalue weighted by Crippen LogP contribution is -2.09. The summed E-state index contributed by atoms with van der Waals surface area (Å²) < 4.78 is 11.0. The molecular formula is C15H14ClNO2S. The fourth-order valence-corrected chi connectivity index (χ4v) is 2.08. The summed E-state index contributed by atoms with van der Waals surface area (Å²) in [5.74, 6) is 1.43. The number of benzene rings is 2. The van der Waals surface area contributed by atoms with Gasteiger partial charge in [0.25, 0.3) is 0 Å². The van der Waals surface area contributed by atoms with Crippen LogP contribution >= 0.6 is 23.8 Å². The average Bonchev–Trinajstić information content (AvgIpc) is 2.45. The minimum absolute atomic E-state index is 0.343. The van der Waals surface area contributed by atoms with Gasteiger partial charge in [-0.3, -0.25) is 0 Å². The Bertz CT molecular complexity index is 631. The van der Waals surface area contributed by atoms with Crippen molar-refractivity contribution in [1.29, 1.82) is 0 Å². The molecule has 0 aliphatic heterocycles.